The summed E-state index contributed by atoms with van der Waals surface area (Å²) in [5.41, 5.74) is 2.77. The first-order valence-electron chi connectivity index (χ1n) is 8.98. The smallest absolute Gasteiger partial charge is 0.325 e. The Morgan fingerprint density at radius 3 is 2.58 bits per heavy atom. The lowest BCUT2D eigenvalue weighted by Crippen LogP contribution is -2.51. The van der Waals surface area contributed by atoms with E-state index in [9.17, 15) is 9.59 Å². The number of carbonyl (C=O) groups is 2. The minimum atomic E-state index is -0.796. The highest BCUT2D eigenvalue weighted by Crippen LogP contribution is 2.33. The summed E-state index contributed by atoms with van der Waals surface area (Å²) < 4.78 is 5.68. The summed E-state index contributed by atoms with van der Waals surface area (Å²) in [5, 5.41) is 2.95. The van der Waals surface area contributed by atoms with E-state index in [4.69, 9.17) is 4.74 Å². The second-order valence-corrected chi connectivity index (χ2v) is 7.08. The van der Waals surface area contributed by atoms with Gasteiger partial charge in [0.05, 0.1) is 6.54 Å². The number of hydrogen-bond acceptors (Lipinski definition) is 3. The van der Waals surface area contributed by atoms with E-state index < -0.39 is 5.54 Å². The van der Waals surface area contributed by atoms with Crippen molar-refractivity contribution in [1.29, 1.82) is 0 Å². The van der Waals surface area contributed by atoms with Crippen LogP contribution in [-0.4, -0.2) is 35.5 Å². The van der Waals surface area contributed by atoms with E-state index in [0.29, 0.717) is 12.8 Å². The molecule has 2 aromatic rings. The molecule has 0 bridgehead atoms. The van der Waals surface area contributed by atoms with Crippen LogP contribution in [0, 0.1) is 6.92 Å². The molecule has 1 heterocycles. The lowest BCUT2D eigenvalue weighted by Gasteiger charge is -2.32. The van der Waals surface area contributed by atoms with Gasteiger partial charge in [0.2, 0.25) is 0 Å². The van der Waals surface area contributed by atoms with Gasteiger partial charge < -0.3 is 10.1 Å². The van der Waals surface area contributed by atoms with Crippen molar-refractivity contribution in [3.05, 3.63) is 65.2 Å². The molecule has 5 nitrogen and oxygen atoms in total. The molecule has 1 atom stereocenters. The molecule has 2 aliphatic rings. The van der Waals surface area contributed by atoms with Gasteiger partial charge in [-0.1, -0.05) is 42.0 Å². The Kier molecular flexibility index (Phi) is 4.15. The van der Waals surface area contributed by atoms with Gasteiger partial charge in [-0.25, -0.2) is 4.79 Å². The number of nitrogens with zero attached hydrogens (tertiary/aromatic N) is 1. The molecule has 1 N–H and O–H groups in total. The minimum absolute atomic E-state index is 0.135. The first-order valence-corrected chi connectivity index (χ1v) is 8.98. The average Bonchev–Trinajstić information content (AvgIpc) is 2.87. The van der Waals surface area contributed by atoms with Crippen LogP contribution in [0.4, 0.5) is 4.79 Å². The molecule has 4 rings (SSSR count). The number of benzene rings is 2. The molecule has 0 radical (unpaired) electrons. The largest absolute Gasteiger partial charge is 0.492 e. The third-order valence-electron chi connectivity index (χ3n) is 5.28. The molecule has 1 aliphatic carbocycles. The van der Waals surface area contributed by atoms with E-state index in [1.165, 1.54) is 10.5 Å². The molecule has 1 saturated heterocycles. The molecule has 5 heteroatoms. The lowest BCUT2D eigenvalue weighted by molar-refractivity contribution is -0.132. The maximum absolute atomic E-state index is 13.0. The molecular weight excluding hydrogens is 328 g/mol. The summed E-state index contributed by atoms with van der Waals surface area (Å²) in [6.07, 6.45) is 2.00. The van der Waals surface area contributed by atoms with Crippen molar-refractivity contribution >= 4 is 11.9 Å². The number of aryl methyl sites for hydroxylation is 2. The predicted molar refractivity (Wildman–Crippen MR) is 98.1 cm³/mol. The Bertz CT molecular complexity index is 847. The van der Waals surface area contributed by atoms with Crippen LogP contribution >= 0.6 is 0 Å². The van der Waals surface area contributed by atoms with Crippen molar-refractivity contribution in [3.8, 4) is 5.75 Å². The number of fused-ring (bicyclic) bond motifs is 1. The van der Waals surface area contributed by atoms with Crippen molar-refractivity contribution in [1.82, 2.24) is 10.2 Å². The predicted octanol–water partition coefficient (Wildman–Crippen LogP) is 2.85. The Hall–Kier alpha value is -2.82. The van der Waals surface area contributed by atoms with Crippen LogP contribution in [0.1, 0.15) is 23.1 Å². The first kappa shape index (κ1) is 16.6. The molecule has 2 aromatic carbocycles. The van der Waals surface area contributed by atoms with Crippen LogP contribution in [-0.2, 0) is 17.6 Å². The quantitative estimate of drug-likeness (QED) is 0.863. The normalized spacial score (nSPS) is 21.7. The number of amides is 3. The molecule has 134 valence electrons. The van der Waals surface area contributed by atoms with Crippen LogP contribution in [0.25, 0.3) is 0 Å². The second kappa shape index (κ2) is 6.48. The van der Waals surface area contributed by atoms with Crippen molar-refractivity contribution < 1.29 is 14.3 Å². The van der Waals surface area contributed by atoms with Crippen molar-refractivity contribution in [2.75, 3.05) is 13.2 Å². The molecular formula is C21H22N2O3. The SMILES string of the molecule is Cc1ccc(OCCN2C(=O)N[C@@]3(CCc4ccccc4C3)C2=O)cc1. The highest BCUT2D eigenvalue weighted by atomic mass is 16.5. The Labute approximate surface area is 153 Å². The molecule has 1 spiro atoms. The fraction of sp³-hybridized carbons (Fsp3) is 0.333. The summed E-state index contributed by atoms with van der Waals surface area (Å²) >= 11 is 0. The van der Waals surface area contributed by atoms with E-state index in [-0.39, 0.29) is 25.1 Å². The van der Waals surface area contributed by atoms with Crippen LogP contribution < -0.4 is 10.1 Å². The van der Waals surface area contributed by atoms with Crippen molar-refractivity contribution in [2.24, 2.45) is 0 Å². The maximum atomic E-state index is 13.0. The van der Waals surface area contributed by atoms with E-state index in [2.05, 4.69) is 11.4 Å². The number of carbonyl (C=O) groups excluding carboxylic acids is 2. The second-order valence-electron chi connectivity index (χ2n) is 7.08. The topological polar surface area (TPSA) is 58.6 Å². The number of hydrogen-bond donors (Lipinski definition) is 1. The van der Waals surface area contributed by atoms with Crippen LogP contribution in [0.5, 0.6) is 5.75 Å². The summed E-state index contributed by atoms with van der Waals surface area (Å²) in [7, 11) is 0. The third-order valence-corrected chi connectivity index (χ3v) is 5.28. The van der Waals surface area contributed by atoms with Gasteiger partial charge in [-0.2, -0.15) is 0 Å². The van der Waals surface area contributed by atoms with Crippen LogP contribution in [0.15, 0.2) is 48.5 Å². The number of nitrogens with one attached hydrogen (secondary N) is 1. The van der Waals surface area contributed by atoms with E-state index >= 15 is 0 Å². The number of urea groups is 1. The minimum Gasteiger partial charge on any atom is -0.492 e. The summed E-state index contributed by atoms with van der Waals surface area (Å²) in [6, 6.07) is 15.5. The van der Waals surface area contributed by atoms with E-state index in [1.807, 2.05) is 49.4 Å². The summed E-state index contributed by atoms with van der Waals surface area (Å²) in [6.45, 7) is 2.55. The summed E-state index contributed by atoms with van der Waals surface area (Å²) in [5.74, 6) is 0.605. The first-order chi connectivity index (χ1) is 12.6. The Morgan fingerprint density at radius 1 is 1.08 bits per heavy atom. The molecule has 0 aromatic heterocycles. The Balaban J connectivity index is 1.42. The van der Waals surface area contributed by atoms with Gasteiger partial charge in [0.25, 0.3) is 5.91 Å². The monoisotopic (exact) mass is 350 g/mol. The fourth-order valence-electron chi connectivity index (χ4n) is 3.79. The zero-order valence-corrected chi connectivity index (χ0v) is 14.8. The van der Waals surface area contributed by atoms with Gasteiger partial charge >= 0.3 is 6.03 Å². The van der Waals surface area contributed by atoms with Gasteiger partial charge in [-0.05, 0) is 43.0 Å². The van der Waals surface area contributed by atoms with E-state index in [1.54, 1.807) is 0 Å². The fourth-order valence-corrected chi connectivity index (χ4v) is 3.79. The lowest BCUT2D eigenvalue weighted by atomic mass is 9.78. The molecule has 0 saturated carbocycles. The zero-order valence-electron chi connectivity index (χ0n) is 14.8. The van der Waals surface area contributed by atoms with Gasteiger partial charge in [0, 0.05) is 6.42 Å². The number of imide groups is 1. The van der Waals surface area contributed by atoms with Crippen molar-refractivity contribution in [2.45, 2.75) is 31.7 Å². The van der Waals surface area contributed by atoms with Gasteiger partial charge in [0.1, 0.15) is 17.9 Å². The van der Waals surface area contributed by atoms with Crippen LogP contribution in [0.3, 0.4) is 0 Å². The van der Waals surface area contributed by atoms with E-state index in [0.717, 1.165) is 23.3 Å². The van der Waals surface area contributed by atoms with Crippen LogP contribution in [0.2, 0.25) is 0 Å². The number of ether oxygens (including phenoxy) is 1. The molecule has 0 unspecified atom stereocenters. The number of rotatable bonds is 4. The Morgan fingerprint density at radius 2 is 1.81 bits per heavy atom. The molecule has 1 fully saturated rings. The highest BCUT2D eigenvalue weighted by Gasteiger charge is 2.52. The average molecular weight is 350 g/mol. The standard InChI is InChI=1S/C21H22N2O3/c1-15-6-8-18(9-7-15)26-13-12-23-19(24)21(22-20(23)25)11-10-16-4-2-3-5-17(16)14-21/h2-9H,10-14H2,1H3,(H,22,25)/t21-/m1/s1. The van der Waals surface area contributed by atoms with Gasteiger partial charge in [-0.3, -0.25) is 9.69 Å². The highest BCUT2D eigenvalue weighted by molar-refractivity contribution is 6.07. The van der Waals surface area contributed by atoms with Gasteiger partial charge in [0.15, 0.2) is 0 Å². The molecule has 3 amide bonds. The van der Waals surface area contributed by atoms with Crippen molar-refractivity contribution in [3.63, 3.8) is 0 Å². The zero-order chi connectivity index (χ0) is 18.1. The third kappa shape index (κ3) is 2.94. The molecule has 1 aliphatic heterocycles. The maximum Gasteiger partial charge on any atom is 0.325 e. The molecule has 26 heavy (non-hydrogen) atoms. The van der Waals surface area contributed by atoms with Gasteiger partial charge in [-0.15, -0.1) is 0 Å². The summed E-state index contributed by atoms with van der Waals surface area (Å²) in [4.78, 5) is 26.7.